The van der Waals surface area contributed by atoms with Crippen molar-refractivity contribution in [2.45, 2.75) is 33.7 Å². The van der Waals surface area contributed by atoms with Gasteiger partial charge in [0.05, 0.1) is 6.33 Å². The highest BCUT2D eigenvalue weighted by Gasteiger charge is 1.97. The minimum Gasteiger partial charge on any atom is -0.381 e. The second kappa shape index (κ2) is 13.8. The first-order valence-corrected chi connectivity index (χ1v) is 7.78. The van der Waals surface area contributed by atoms with Crippen LogP contribution in [0.3, 0.4) is 0 Å². The van der Waals surface area contributed by atoms with Crippen molar-refractivity contribution in [2.24, 2.45) is 10.9 Å². The van der Waals surface area contributed by atoms with Crippen molar-refractivity contribution in [3.05, 3.63) is 18.7 Å². The summed E-state index contributed by atoms with van der Waals surface area (Å²) in [5.41, 5.74) is 0. The van der Waals surface area contributed by atoms with Gasteiger partial charge < -0.3 is 19.9 Å². The van der Waals surface area contributed by atoms with Crippen LogP contribution in [0.25, 0.3) is 0 Å². The van der Waals surface area contributed by atoms with Gasteiger partial charge in [-0.3, -0.25) is 4.99 Å². The van der Waals surface area contributed by atoms with E-state index in [2.05, 4.69) is 41.4 Å². The number of ether oxygens (including phenoxy) is 1. The van der Waals surface area contributed by atoms with E-state index in [1.165, 1.54) is 0 Å². The van der Waals surface area contributed by atoms with Gasteiger partial charge in [0.15, 0.2) is 5.96 Å². The third-order valence-corrected chi connectivity index (χ3v) is 2.73. The summed E-state index contributed by atoms with van der Waals surface area (Å²) in [6, 6.07) is 0. The zero-order valence-electron chi connectivity index (χ0n) is 13.9. The van der Waals surface area contributed by atoms with E-state index in [1.54, 1.807) is 6.20 Å². The third-order valence-electron chi connectivity index (χ3n) is 2.73. The first-order valence-electron chi connectivity index (χ1n) is 7.78. The highest BCUT2D eigenvalue weighted by atomic mass is 127. The summed E-state index contributed by atoms with van der Waals surface area (Å²) < 4.78 is 7.58. The summed E-state index contributed by atoms with van der Waals surface area (Å²) in [6.07, 6.45) is 6.51. The minimum atomic E-state index is 0. The molecule has 0 aliphatic heterocycles. The Labute approximate surface area is 151 Å². The van der Waals surface area contributed by atoms with E-state index in [1.807, 2.05) is 17.1 Å². The van der Waals surface area contributed by atoms with Crippen molar-refractivity contribution < 1.29 is 4.74 Å². The van der Waals surface area contributed by atoms with Crippen molar-refractivity contribution in [3.8, 4) is 0 Å². The molecule has 2 N–H and O–H groups in total. The number of hydrogen-bond acceptors (Lipinski definition) is 3. The summed E-state index contributed by atoms with van der Waals surface area (Å²) >= 11 is 0. The fraction of sp³-hybridized carbons (Fsp3) is 0.733. The van der Waals surface area contributed by atoms with Crippen LogP contribution in [0.5, 0.6) is 0 Å². The first kappa shape index (κ1) is 21.2. The van der Waals surface area contributed by atoms with Gasteiger partial charge in [0, 0.05) is 51.8 Å². The molecule has 1 heterocycles. The summed E-state index contributed by atoms with van der Waals surface area (Å²) in [5, 5.41) is 6.56. The van der Waals surface area contributed by atoms with Crippen molar-refractivity contribution in [1.29, 1.82) is 0 Å². The van der Waals surface area contributed by atoms with E-state index in [4.69, 9.17) is 4.74 Å². The minimum absolute atomic E-state index is 0. The van der Waals surface area contributed by atoms with Gasteiger partial charge in [-0.1, -0.05) is 13.8 Å². The summed E-state index contributed by atoms with van der Waals surface area (Å²) in [6.45, 7) is 11.3. The molecule has 0 saturated carbocycles. The summed E-state index contributed by atoms with van der Waals surface area (Å²) in [4.78, 5) is 8.56. The van der Waals surface area contributed by atoms with E-state index in [0.717, 1.165) is 51.8 Å². The summed E-state index contributed by atoms with van der Waals surface area (Å²) in [7, 11) is 0. The van der Waals surface area contributed by atoms with Crippen molar-refractivity contribution >= 4 is 29.9 Å². The molecule has 0 aliphatic rings. The second-order valence-corrected chi connectivity index (χ2v) is 5.31. The number of aliphatic imine (C=N–C) groups is 1. The normalized spacial score (nSPS) is 11.4. The molecule has 0 spiro atoms. The Morgan fingerprint density at radius 3 is 2.82 bits per heavy atom. The molecule has 0 fully saturated rings. The standard InChI is InChI=1S/C15H29N5O.HI/c1-4-17-15(18-6-5-11-21-12-14(2)3)19-8-10-20-9-7-16-13-20;/h7,9,13-14H,4-6,8,10-12H2,1-3H3,(H2,17,18,19);1H. The van der Waals surface area contributed by atoms with Crippen LogP contribution in [0.15, 0.2) is 23.7 Å². The van der Waals surface area contributed by atoms with Crippen LogP contribution in [-0.4, -0.2) is 48.4 Å². The summed E-state index contributed by atoms with van der Waals surface area (Å²) in [5.74, 6) is 1.46. The number of hydrogen-bond donors (Lipinski definition) is 2. The van der Waals surface area contributed by atoms with Gasteiger partial charge >= 0.3 is 0 Å². The second-order valence-electron chi connectivity index (χ2n) is 5.31. The van der Waals surface area contributed by atoms with Gasteiger partial charge in [0.2, 0.25) is 0 Å². The molecule has 1 aromatic heterocycles. The molecule has 1 aromatic rings. The van der Waals surface area contributed by atoms with Gasteiger partial charge in [-0.2, -0.15) is 0 Å². The molecule has 0 aromatic carbocycles. The van der Waals surface area contributed by atoms with Gasteiger partial charge in [0.1, 0.15) is 0 Å². The number of rotatable bonds is 10. The van der Waals surface area contributed by atoms with E-state index >= 15 is 0 Å². The first-order chi connectivity index (χ1) is 10.2. The van der Waals surface area contributed by atoms with E-state index in [9.17, 15) is 0 Å². The van der Waals surface area contributed by atoms with Crippen molar-refractivity contribution in [3.63, 3.8) is 0 Å². The van der Waals surface area contributed by atoms with Gasteiger partial charge in [-0.25, -0.2) is 4.98 Å². The fourth-order valence-electron chi connectivity index (χ4n) is 1.74. The van der Waals surface area contributed by atoms with Gasteiger partial charge in [0.25, 0.3) is 0 Å². The predicted octanol–water partition coefficient (Wildman–Crippen LogP) is 2.12. The number of halogens is 1. The molecule has 1 rings (SSSR count). The number of nitrogens with one attached hydrogen (secondary N) is 2. The topological polar surface area (TPSA) is 63.5 Å². The lowest BCUT2D eigenvalue weighted by atomic mass is 10.2. The maximum absolute atomic E-state index is 5.55. The number of imidazole rings is 1. The van der Waals surface area contributed by atoms with Crippen molar-refractivity contribution in [2.75, 3.05) is 32.8 Å². The van der Waals surface area contributed by atoms with Crippen LogP contribution in [0.1, 0.15) is 27.2 Å². The molecule has 128 valence electrons. The van der Waals surface area contributed by atoms with E-state index in [-0.39, 0.29) is 24.0 Å². The number of guanidine groups is 1. The van der Waals surface area contributed by atoms with E-state index in [0.29, 0.717) is 5.92 Å². The smallest absolute Gasteiger partial charge is 0.191 e. The monoisotopic (exact) mass is 423 g/mol. The Morgan fingerprint density at radius 1 is 1.36 bits per heavy atom. The van der Waals surface area contributed by atoms with Crippen LogP contribution in [0, 0.1) is 5.92 Å². The SMILES string of the molecule is CCNC(=NCCCOCC(C)C)NCCn1ccnc1.I. The van der Waals surface area contributed by atoms with E-state index < -0.39 is 0 Å². The molecule has 0 atom stereocenters. The molecule has 22 heavy (non-hydrogen) atoms. The molecule has 7 heteroatoms. The van der Waals surface area contributed by atoms with Crippen LogP contribution in [0.4, 0.5) is 0 Å². The van der Waals surface area contributed by atoms with Crippen LogP contribution in [0.2, 0.25) is 0 Å². The molecular formula is C15H30IN5O. The lowest BCUT2D eigenvalue weighted by Gasteiger charge is -2.11. The Hall–Kier alpha value is -0.830. The highest BCUT2D eigenvalue weighted by Crippen LogP contribution is 1.93. The fourth-order valence-corrected chi connectivity index (χ4v) is 1.74. The quantitative estimate of drug-likeness (QED) is 0.262. The zero-order valence-corrected chi connectivity index (χ0v) is 16.2. The molecule has 0 amide bonds. The molecule has 6 nitrogen and oxygen atoms in total. The predicted molar refractivity (Wildman–Crippen MR) is 102 cm³/mol. The maximum atomic E-state index is 5.55. The molecule has 0 saturated heterocycles. The maximum Gasteiger partial charge on any atom is 0.191 e. The Kier molecular flexibility index (Phi) is 13.3. The largest absolute Gasteiger partial charge is 0.381 e. The molecule has 0 unspecified atom stereocenters. The zero-order chi connectivity index (χ0) is 15.3. The van der Waals surface area contributed by atoms with Crippen LogP contribution < -0.4 is 10.6 Å². The molecule has 0 bridgehead atoms. The number of nitrogens with zero attached hydrogens (tertiary/aromatic N) is 3. The van der Waals surface area contributed by atoms with Crippen LogP contribution >= 0.6 is 24.0 Å². The third kappa shape index (κ3) is 10.8. The average molecular weight is 423 g/mol. The Balaban J connectivity index is 0.00000441. The van der Waals surface area contributed by atoms with Gasteiger partial charge in [-0.05, 0) is 19.3 Å². The van der Waals surface area contributed by atoms with Crippen molar-refractivity contribution in [1.82, 2.24) is 20.2 Å². The molecular weight excluding hydrogens is 393 g/mol. The average Bonchev–Trinajstić information content (AvgIpc) is 2.95. The Morgan fingerprint density at radius 2 is 2.18 bits per heavy atom. The lowest BCUT2D eigenvalue weighted by molar-refractivity contribution is 0.109. The number of aromatic nitrogens is 2. The Bertz CT molecular complexity index is 381. The van der Waals surface area contributed by atoms with Crippen LogP contribution in [-0.2, 0) is 11.3 Å². The highest BCUT2D eigenvalue weighted by molar-refractivity contribution is 14.0. The molecule has 0 aliphatic carbocycles. The lowest BCUT2D eigenvalue weighted by Crippen LogP contribution is -2.38. The molecule has 0 radical (unpaired) electrons. The van der Waals surface area contributed by atoms with Gasteiger partial charge in [-0.15, -0.1) is 24.0 Å².